The summed E-state index contributed by atoms with van der Waals surface area (Å²) in [7, 11) is -1.50. The zero-order valence-corrected chi connectivity index (χ0v) is 20.2. The van der Waals surface area contributed by atoms with E-state index in [1.807, 2.05) is 0 Å². The van der Waals surface area contributed by atoms with Crippen molar-refractivity contribution in [3.05, 3.63) is 0 Å². The number of hydrogen-bond donors (Lipinski definition) is 0. The molecule has 0 aliphatic heterocycles. The molecule has 4 rings (SSSR count). The summed E-state index contributed by atoms with van der Waals surface area (Å²) in [5.74, 6) is 3.80. The quantitative estimate of drug-likeness (QED) is 0.462. The highest BCUT2D eigenvalue weighted by Gasteiger charge is 2.60. The van der Waals surface area contributed by atoms with Crippen LogP contribution in [0.5, 0.6) is 0 Å². The van der Waals surface area contributed by atoms with Crippen LogP contribution in [0, 0.1) is 34.5 Å². The van der Waals surface area contributed by atoms with Gasteiger partial charge in [-0.2, -0.15) is 0 Å². The first-order valence-corrected chi connectivity index (χ1v) is 15.5. The van der Waals surface area contributed by atoms with Crippen LogP contribution in [0.25, 0.3) is 0 Å². The molecule has 4 aliphatic carbocycles. The number of rotatable bonds is 5. The highest BCUT2D eigenvalue weighted by molar-refractivity contribution is 6.71. The average Bonchev–Trinajstić information content (AvgIpc) is 2.95. The van der Waals surface area contributed by atoms with E-state index in [0.29, 0.717) is 23.2 Å². The average molecular weight is 405 g/mol. The molecule has 0 aromatic heterocycles. The second-order valence-electron chi connectivity index (χ2n) is 12.0. The number of unbranched alkanes of at least 4 members (excludes halogenated alkanes) is 1. The highest BCUT2D eigenvalue weighted by Crippen LogP contribution is 2.65. The molecule has 0 amide bonds. The van der Waals surface area contributed by atoms with Crippen molar-refractivity contribution in [2.75, 3.05) is 0 Å². The van der Waals surface area contributed by atoms with Gasteiger partial charge in [0.15, 0.2) is 8.32 Å². The van der Waals surface area contributed by atoms with Crippen LogP contribution in [0.4, 0.5) is 0 Å². The lowest BCUT2D eigenvalue weighted by Crippen LogP contribution is -2.54. The maximum Gasteiger partial charge on any atom is 0.187 e. The van der Waals surface area contributed by atoms with E-state index in [2.05, 4.69) is 33.9 Å². The minimum absolute atomic E-state index is 0.0274. The van der Waals surface area contributed by atoms with Gasteiger partial charge in [0.2, 0.25) is 0 Å². The third kappa shape index (κ3) is 3.47. The van der Waals surface area contributed by atoms with Crippen molar-refractivity contribution in [1.82, 2.24) is 0 Å². The van der Waals surface area contributed by atoms with Crippen molar-refractivity contribution in [3.63, 3.8) is 0 Å². The first-order chi connectivity index (χ1) is 13.2. The fraction of sp³-hybridized carbons (Fsp3) is 0.960. The molecule has 0 N–H and O–H groups in total. The zero-order chi connectivity index (χ0) is 20.2. The third-order valence-corrected chi connectivity index (χ3v) is 12.5. The van der Waals surface area contributed by atoms with Gasteiger partial charge in [-0.25, -0.2) is 0 Å². The predicted octanol–water partition coefficient (Wildman–Crippen LogP) is 6.99. The molecule has 4 aliphatic rings. The van der Waals surface area contributed by atoms with Crippen molar-refractivity contribution in [2.24, 2.45) is 34.5 Å². The minimum atomic E-state index is -1.50. The molecule has 4 saturated carbocycles. The van der Waals surface area contributed by atoms with Crippen LogP contribution in [-0.2, 0) is 9.22 Å². The molecule has 0 spiro atoms. The Hall–Kier alpha value is -0.153. The Bertz CT molecular complexity index is 601. The summed E-state index contributed by atoms with van der Waals surface area (Å²) in [5.41, 5.74) is 0.532. The van der Waals surface area contributed by atoms with Crippen molar-refractivity contribution < 1.29 is 9.22 Å². The Labute approximate surface area is 174 Å². The SMILES string of the molecule is CCCC[Si](C)(C)OC1CC[C@@]2(C)[C@@H](CC[C@@H]3[C@@H]2CC[C@]2(C)C(=O)CC[C@@H]32)C1. The number of fused-ring (bicyclic) bond motifs is 5. The Morgan fingerprint density at radius 2 is 1.82 bits per heavy atom. The van der Waals surface area contributed by atoms with Gasteiger partial charge in [0.25, 0.3) is 0 Å². The molecule has 7 atom stereocenters. The summed E-state index contributed by atoms with van der Waals surface area (Å²) in [4.78, 5) is 12.6. The van der Waals surface area contributed by atoms with E-state index in [0.717, 1.165) is 30.6 Å². The van der Waals surface area contributed by atoms with Crippen LogP contribution >= 0.6 is 0 Å². The number of ketones is 1. The van der Waals surface area contributed by atoms with Crippen LogP contribution in [0.15, 0.2) is 0 Å². The first kappa shape index (κ1) is 21.1. The topological polar surface area (TPSA) is 26.3 Å². The van der Waals surface area contributed by atoms with Gasteiger partial charge < -0.3 is 4.43 Å². The monoisotopic (exact) mass is 404 g/mol. The van der Waals surface area contributed by atoms with Gasteiger partial charge in [0.05, 0.1) is 0 Å². The summed E-state index contributed by atoms with van der Waals surface area (Å²) >= 11 is 0. The molecule has 0 saturated heterocycles. The molecule has 28 heavy (non-hydrogen) atoms. The Morgan fingerprint density at radius 1 is 1.04 bits per heavy atom. The van der Waals surface area contributed by atoms with Crippen LogP contribution in [0.1, 0.15) is 91.4 Å². The van der Waals surface area contributed by atoms with Crippen LogP contribution in [0.2, 0.25) is 19.1 Å². The Kier molecular flexibility index (Phi) is 5.66. The zero-order valence-electron chi connectivity index (χ0n) is 19.2. The maximum atomic E-state index is 12.6. The lowest BCUT2D eigenvalue weighted by atomic mass is 9.45. The number of Topliss-reactive ketones (excluding diaryl/α,β-unsaturated/α-hetero) is 1. The molecule has 0 aromatic rings. The standard InChI is InChI=1S/C25H44O2Si/c1-6-7-16-28(4,5)27-19-12-14-24(2)18(17-19)8-9-20-21-10-11-23(26)25(21,3)15-13-22(20)24/h18-22H,6-17H2,1-5H3/t18-,19?,20-,21-,22-,24-,25-/m0/s1. The molecule has 2 nitrogen and oxygen atoms in total. The number of carbonyl (C=O) groups is 1. The van der Waals surface area contributed by atoms with E-state index in [4.69, 9.17) is 4.43 Å². The molecule has 0 heterocycles. The molecule has 4 fully saturated rings. The summed E-state index contributed by atoms with van der Waals surface area (Å²) in [6.45, 7) is 12.1. The second kappa shape index (κ2) is 7.52. The van der Waals surface area contributed by atoms with E-state index in [9.17, 15) is 4.79 Å². The summed E-state index contributed by atoms with van der Waals surface area (Å²) in [5, 5.41) is 0. The molecule has 1 unspecified atom stereocenters. The van der Waals surface area contributed by atoms with Gasteiger partial charge in [-0.15, -0.1) is 0 Å². The van der Waals surface area contributed by atoms with Crippen molar-refractivity contribution in [2.45, 2.75) is 117 Å². The lowest BCUT2D eigenvalue weighted by Gasteiger charge is -2.60. The van der Waals surface area contributed by atoms with Gasteiger partial charge in [0.1, 0.15) is 5.78 Å². The van der Waals surface area contributed by atoms with E-state index < -0.39 is 8.32 Å². The highest BCUT2D eigenvalue weighted by atomic mass is 28.4. The molecule has 0 radical (unpaired) electrons. The Morgan fingerprint density at radius 3 is 2.57 bits per heavy atom. The van der Waals surface area contributed by atoms with Gasteiger partial charge in [-0.05, 0) is 99.6 Å². The van der Waals surface area contributed by atoms with Gasteiger partial charge in [-0.3, -0.25) is 4.79 Å². The van der Waals surface area contributed by atoms with E-state index in [1.165, 1.54) is 63.8 Å². The summed E-state index contributed by atoms with van der Waals surface area (Å²) in [6.07, 6.45) is 14.4. The molecule has 160 valence electrons. The van der Waals surface area contributed by atoms with Crippen molar-refractivity contribution >= 4 is 14.1 Å². The fourth-order valence-corrected chi connectivity index (χ4v) is 10.6. The number of hydrogen-bond acceptors (Lipinski definition) is 2. The van der Waals surface area contributed by atoms with Crippen molar-refractivity contribution in [1.29, 1.82) is 0 Å². The molecular formula is C25H44O2Si. The van der Waals surface area contributed by atoms with Crippen LogP contribution in [0.3, 0.4) is 0 Å². The van der Waals surface area contributed by atoms with Crippen LogP contribution < -0.4 is 0 Å². The smallest absolute Gasteiger partial charge is 0.187 e. The van der Waals surface area contributed by atoms with E-state index in [-0.39, 0.29) is 5.41 Å². The van der Waals surface area contributed by atoms with E-state index in [1.54, 1.807) is 0 Å². The molecule has 0 bridgehead atoms. The lowest BCUT2D eigenvalue weighted by molar-refractivity contribution is -0.141. The second-order valence-corrected chi connectivity index (χ2v) is 16.2. The predicted molar refractivity (Wildman–Crippen MR) is 119 cm³/mol. The van der Waals surface area contributed by atoms with Gasteiger partial charge in [-0.1, -0.05) is 33.6 Å². The molecular weight excluding hydrogens is 360 g/mol. The minimum Gasteiger partial charge on any atom is -0.414 e. The van der Waals surface area contributed by atoms with Gasteiger partial charge in [0, 0.05) is 17.9 Å². The maximum absolute atomic E-state index is 12.6. The summed E-state index contributed by atoms with van der Waals surface area (Å²) in [6, 6.07) is 1.32. The normalized spacial score (nSPS) is 46.0. The molecule has 3 heteroatoms. The number of carbonyl (C=O) groups excluding carboxylic acids is 1. The molecule has 0 aromatic carbocycles. The fourth-order valence-electron chi connectivity index (χ4n) is 8.21. The first-order valence-electron chi connectivity index (χ1n) is 12.4. The summed E-state index contributed by atoms with van der Waals surface area (Å²) < 4.78 is 6.80. The van der Waals surface area contributed by atoms with Crippen LogP contribution in [-0.4, -0.2) is 20.2 Å². The van der Waals surface area contributed by atoms with E-state index >= 15 is 0 Å². The van der Waals surface area contributed by atoms with Crippen molar-refractivity contribution in [3.8, 4) is 0 Å². The largest absolute Gasteiger partial charge is 0.414 e. The Balaban J connectivity index is 1.44. The van der Waals surface area contributed by atoms with Gasteiger partial charge >= 0.3 is 0 Å². The third-order valence-electron chi connectivity index (χ3n) is 9.94.